The van der Waals surface area contributed by atoms with Crippen molar-refractivity contribution in [1.29, 1.82) is 0 Å². The van der Waals surface area contributed by atoms with E-state index in [1.165, 1.54) is 4.31 Å². The summed E-state index contributed by atoms with van der Waals surface area (Å²) >= 11 is 0. The molecule has 1 fully saturated rings. The monoisotopic (exact) mass is 343 g/mol. The van der Waals surface area contributed by atoms with Gasteiger partial charge in [0, 0.05) is 45.0 Å². The molecule has 0 saturated carbocycles. The van der Waals surface area contributed by atoms with Crippen LogP contribution in [-0.4, -0.2) is 73.7 Å². The van der Waals surface area contributed by atoms with Gasteiger partial charge in [-0.05, 0) is 6.07 Å². The number of carbonyl (C=O) groups is 1. The molecular weight excluding hydrogens is 322 g/mol. The SMILES string of the molecule is O=C(CCNc1ncccn1)NCCS(=O)(=O)N1CCOCC1. The molecule has 1 aliphatic heterocycles. The molecule has 0 atom stereocenters. The van der Waals surface area contributed by atoms with Crippen LogP contribution in [0, 0.1) is 0 Å². The predicted octanol–water partition coefficient (Wildman–Crippen LogP) is -0.943. The van der Waals surface area contributed by atoms with Gasteiger partial charge in [0.2, 0.25) is 21.9 Å². The number of hydrogen-bond donors (Lipinski definition) is 2. The van der Waals surface area contributed by atoms with Gasteiger partial charge in [-0.3, -0.25) is 4.79 Å². The topological polar surface area (TPSA) is 114 Å². The Kier molecular flexibility index (Phi) is 6.68. The summed E-state index contributed by atoms with van der Waals surface area (Å²) in [6.07, 6.45) is 3.42. The fraction of sp³-hybridized carbons (Fsp3) is 0.615. The summed E-state index contributed by atoms with van der Waals surface area (Å²) in [5.74, 6) is 0.134. The van der Waals surface area contributed by atoms with Gasteiger partial charge in [-0.15, -0.1) is 0 Å². The lowest BCUT2D eigenvalue weighted by Gasteiger charge is -2.26. The van der Waals surface area contributed by atoms with Crippen molar-refractivity contribution in [2.75, 3.05) is 50.5 Å². The van der Waals surface area contributed by atoms with E-state index >= 15 is 0 Å². The maximum Gasteiger partial charge on any atom is 0.222 e. The number of ether oxygens (including phenoxy) is 1. The van der Waals surface area contributed by atoms with Crippen LogP contribution < -0.4 is 10.6 Å². The minimum Gasteiger partial charge on any atom is -0.379 e. The van der Waals surface area contributed by atoms with Crippen molar-refractivity contribution in [3.63, 3.8) is 0 Å². The fourth-order valence-electron chi connectivity index (χ4n) is 2.04. The van der Waals surface area contributed by atoms with Gasteiger partial charge >= 0.3 is 0 Å². The minimum absolute atomic E-state index is 0.0976. The Hall–Kier alpha value is -1.78. The first kappa shape index (κ1) is 17.6. The van der Waals surface area contributed by atoms with Crippen LogP contribution in [0.1, 0.15) is 6.42 Å². The Bertz CT molecular complexity index is 590. The van der Waals surface area contributed by atoms with Crippen LogP contribution in [0.3, 0.4) is 0 Å². The molecule has 1 aliphatic rings. The molecule has 2 heterocycles. The molecule has 2 N–H and O–H groups in total. The van der Waals surface area contributed by atoms with Crippen LogP contribution in [0.25, 0.3) is 0 Å². The average molecular weight is 343 g/mol. The molecule has 0 radical (unpaired) electrons. The highest BCUT2D eigenvalue weighted by Crippen LogP contribution is 2.04. The van der Waals surface area contributed by atoms with E-state index in [0.29, 0.717) is 38.8 Å². The Morgan fingerprint density at radius 1 is 1.22 bits per heavy atom. The molecule has 10 heteroatoms. The van der Waals surface area contributed by atoms with E-state index in [9.17, 15) is 13.2 Å². The minimum atomic E-state index is -3.34. The molecule has 1 saturated heterocycles. The van der Waals surface area contributed by atoms with Crippen molar-refractivity contribution >= 4 is 21.9 Å². The highest BCUT2D eigenvalue weighted by molar-refractivity contribution is 7.89. The van der Waals surface area contributed by atoms with E-state index in [4.69, 9.17) is 4.74 Å². The van der Waals surface area contributed by atoms with Crippen molar-refractivity contribution in [3.8, 4) is 0 Å². The molecule has 0 bridgehead atoms. The van der Waals surface area contributed by atoms with Crippen molar-refractivity contribution in [3.05, 3.63) is 18.5 Å². The van der Waals surface area contributed by atoms with Crippen LogP contribution in [-0.2, 0) is 19.6 Å². The second kappa shape index (κ2) is 8.75. The lowest BCUT2D eigenvalue weighted by Crippen LogP contribution is -2.43. The maximum absolute atomic E-state index is 12.1. The van der Waals surface area contributed by atoms with Crippen LogP contribution in [0.15, 0.2) is 18.5 Å². The number of morpholine rings is 1. The number of hydrogen-bond acceptors (Lipinski definition) is 7. The molecule has 9 nitrogen and oxygen atoms in total. The Balaban J connectivity index is 1.62. The van der Waals surface area contributed by atoms with Crippen LogP contribution >= 0.6 is 0 Å². The number of rotatable bonds is 8. The normalized spacial score (nSPS) is 16.0. The zero-order valence-electron chi connectivity index (χ0n) is 12.8. The molecule has 128 valence electrons. The summed E-state index contributed by atoms with van der Waals surface area (Å²) in [7, 11) is -3.34. The maximum atomic E-state index is 12.1. The molecular formula is C13H21N5O4S. The zero-order chi connectivity index (χ0) is 16.5. The van der Waals surface area contributed by atoms with Gasteiger partial charge in [0.25, 0.3) is 0 Å². The largest absolute Gasteiger partial charge is 0.379 e. The lowest BCUT2D eigenvalue weighted by atomic mass is 10.4. The van der Waals surface area contributed by atoms with Gasteiger partial charge in [-0.1, -0.05) is 0 Å². The molecule has 0 aliphatic carbocycles. The second-order valence-corrected chi connectivity index (χ2v) is 7.02. The summed E-state index contributed by atoms with van der Waals surface area (Å²) in [4.78, 5) is 19.6. The first-order chi connectivity index (χ1) is 11.1. The molecule has 1 amide bonds. The quantitative estimate of drug-likeness (QED) is 0.626. The van der Waals surface area contributed by atoms with E-state index < -0.39 is 10.0 Å². The van der Waals surface area contributed by atoms with Gasteiger partial charge in [-0.25, -0.2) is 18.4 Å². The number of anilines is 1. The molecule has 0 aromatic carbocycles. The number of amides is 1. The second-order valence-electron chi connectivity index (χ2n) is 4.93. The summed E-state index contributed by atoms with van der Waals surface area (Å²) in [6.45, 7) is 2.05. The van der Waals surface area contributed by atoms with E-state index in [2.05, 4.69) is 20.6 Å². The molecule has 2 rings (SSSR count). The lowest BCUT2D eigenvalue weighted by molar-refractivity contribution is -0.120. The third kappa shape index (κ3) is 6.08. The first-order valence-corrected chi connectivity index (χ1v) is 9.02. The molecule has 0 spiro atoms. The molecule has 1 aromatic rings. The number of nitrogens with zero attached hydrogens (tertiary/aromatic N) is 3. The van der Waals surface area contributed by atoms with Gasteiger partial charge in [0.1, 0.15) is 0 Å². The third-order valence-corrected chi connectivity index (χ3v) is 5.12. The Morgan fingerprint density at radius 3 is 2.61 bits per heavy atom. The van der Waals surface area contributed by atoms with E-state index in [1.807, 2.05) is 0 Å². The number of nitrogens with one attached hydrogen (secondary N) is 2. The summed E-state index contributed by atoms with van der Waals surface area (Å²) in [5.41, 5.74) is 0. The molecule has 0 unspecified atom stereocenters. The zero-order valence-corrected chi connectivity index (χ0v) is 13.6. The van der Waals surface area contributed by atoms with Crippen molar-refractivity contribution in [2.24, 2.45) is 0 Å². The Labute approximate surface area is 135 Å². The van der Waals surface area contributed by atoms with Gasteiger partial charge in [0.05, 0.1) is 19.0 Å². The van der Waals surface area contributed by atoms with Crippen molar-refractivity contribution < 1.29 is 17.9 Å². The third-order valence-electron chi connectivity index (χ3n) is 3.25. The summed E-state index contributed by atoms with van der Waals surface area (Å²) < 4.78 is 30.6. The average Bonchev–Trinajstić information content (AvgIpc) is 2.56. The van der Waals surface area contributed by atoms with Crippen molar-refractivity contribution in [2.45, 2.75) is 6.42 Å². The van der Waals surface area contributed by atoms with E-state index in [1.54, 1.807) is 18.5 Å². The number of aromatic nitrogens is 2. The highest BCUT2D eigenvalue weighted by atomic mass is 32.2. The van der Waals surface area contributed by atoms with Crippen LogP contribution in [0.4, 0.5) is 5.95 Å². The standard InChI is InChI=1S/C13H21N5O4S/c19-12(2-5-17-13-15-3-1-4-16-13)14-6-11-23(20,21)18-7-9-22-10-8-18/h1,3-4H,2,5-11H2,(H,14,19)(H,15,16,17). The number of sulfonamides is 1. The van der Waals surface area contributed by atoms with Crippen molar-refractivity contribution in [1.82, 2.24) is 19.6 Å². The summed E-state index contributed by atoms with van der Waals surface area (Å²) in [6, 6.07) is 1.70. The van der Waals surface area contributed by atoms with E-state index in [0.717, 1.165) is 0 Å². The van der Waals surface area contributed by atoms with E-state index in [-0.39, 0.29) is 24.6 Å². The Morgan fingerprint density at radius 2 is 1.91 bits per heavy atom. The van der Waals surface area contributed by atoms with Crippen LogP contribution in [0.5, 0.6) is 0 Å². The first-order valence-electron chi connectivity index (χ1n) is 7.41. The summed E-state index contributed by atoms with van der Waals surface area (Å²) in [5, 5.41) is 5.52. The fourth-order valence-corrected chi connectivity index (χ4v) is 3.36. The van der Waals surface area contributed by atoms with Gasteiger partial charge in [-0.2, -0.15) is 4.31 Å². The van der Waals surface area contributed by atoms with Gasteiger partial charge < -0.3 is 15.4 Å². The molecule has 1 aromatic heterocycles. The highest BCUT2D eigenvalue weighted by Gasteiger charge is 2.23. The molecule has 23 heavy (non-hydrogen) atoms. The predicted molar refractivity (Wildman–Crippen MR) is 84.3 cm³/mol. The van der Waals surface area contributed by atoms with Crippen LogP contribution in [0.2, 0.25) is 0 Å². The van der Waals surface area contributed by atoms with Gasteiger partial charge in [0.15, 0.2) is 0 Å². The number of carbonyl (C=O) groups excluding carboxylic acids is 1. The smallest absolute Gasteiger partial charge is 0.222 e.